The lowest BCUT2D eigenvalue weighted by atomic mass is 9.91. The Morgan fingerprint density at radius 2 is 1.96 bits per heavy atom. The number of carbonyl (C=O) groups excluding carboxylic acids is 1. The van der Waals surface area contributed by atoms with E-state index in [0.717, 1.165) is 29.0 Å². The van der Waals surface area contributed by atoms with Gasteiger partial charge in [0.1, 0.15) is 5.75 Å². The zero-order chi connectivity index (χ0) is 18.1. The largest absolute Gasteiger partial charge is 0.497 e. The van der Waals surface area contributed by atoms with Crippen LogP contribution in [0.3, 0.4) is 0 Å². The fourth-order valence-corrected chi connectivity index (χ4v) is 4.62. The molecule has 1 aliphatic rings. The molecule has 1 aromatic heterocycles. The van der Waals surface area contributed by atoms with Crippen molar-refractivity contribution in [1.29, 1.82) is 0 Å². The molecule has 0 fully saturated rings. The van der Waals surface area contributed by atoms with Crippen LogP contribution >= 0.6 is 22.9 Å². The van der Waals surface area contributed by atoms with Crippen LogP contribution in [-0.4, -0.2) is 13.0 Å². The quantitative estimate of drug-likeness (QED) is 0.680. The van der Waals surface area contributed by atoms with E-state index in [1.165, 1.54) is 21.6 Å². The molecule has 0 bridgehead atoms. The summed E-state index contributed by atoms with van der Waals surface area (Å²) in [6.45, 7) is 0.422. The Morgan fingerprint density at radius 1 is 1.15 bits per heavy atom. The minimum atomic E-state index is -0.0613. The third-order valence-electron chi connectivity index (χ3n) is 4.66. The molecule has 3 nitrogen and oxygen atoms in total. The monoisotopic (exact) mass is 383 g/mol. The highest BCUT2D eigenvalue weighted by Crippen LogP contribution is 2.41. The van der Waals surface area contributed by atoms with Gasteiger partial charge in [-0.05, 0) is 59.4 Å². The Hall–Kier alpha value is -2.30. The topological polar surface area (TPSA) is 38.3 Å². The van der Waals surface area contributed by atoms with Crippen molar-refractivity contribution in [2.75, 3.05) is 7.11 Å². The molecule has 1 N–H and O–H groups in total. The molecule has 1 heterocycles. The van der Waals surface area contributed by atoms with Gasteiger partial charge in [-0.3, -0.25) is 4.79 Å². The lowest BCUT2D eigenvalue weighted by Crippen LogP contribution is -2.21. The first kappa shape index (κ1) is 17.1. The first-order chi connectivity index (χ1) is 12.7. The number of carbonyl (C=O) groups is 1. The Bertz CT molecular complexity index is 980. The van der Waals surface area contributed by atoms with Crippen molar-refractivity contribution in [3.63, 3.8) is 0 Å². The van der Waals surface area contributed by atoms with Gasteiger partial charge < -0.3 is 10.1 Å². The zero-order valence-electron chi connectivity index (χ0n) is 14.3. The maximum atomic E-state index is 12.6. The van der Waals surface area contributed by atoms with E-state index < -0.39 is 0 Å². The van der Waals surface area contributed by atoms with Crippen molar-refractivity contribution in [3.05, 3.63) is 75.1 Å². The van der Waals surface area contributed by atoms with E-state index in [2.05, 4.69) is 17.4 Å². The number of hydrogen-bond donors (Lipinski definition) is 1. The predicted molar refractivity (Wildman–Crippen MR) is 106 cm³/mol. The summed E-state index contributed by atoms with van der Waals surface area (Å²) in [7, 11) is 1.67. The maximum absolute atomic E-state index is 12.6. The summed E-state index contributed by atoms with van der Waals surface area (Å²) in [5, 5.41) is 3.64. The molecule has 4 rings (SSSR count). The van der Waals surface area contributed by atoms with Gasteiger partial charge in [-0.2, -0.15) is 0 Å². The van der Waals surface area contributed by atoms with Crippen LogP contribution in [0.4, 0.5) is 0 Å². The van der Waals surface area contributed by atoms with Gasteiger partial charge in [-0.1, -0.05) is 35.9 Å². The third kappa shape index (κ3) is 3.22. The SMILES string of the molecule is COc1ccc2c(c1)-c1sc(C(=O)NCc3ccccc3Cl)cc1CC2. The van der Waals surface area contributed by atoms with Crippen LogP contribution in [0.15, 0.2) is 48.5 Å². The van der Waals surface area contributed by atoms with Gasteiger partial charge in [0.25, 0.3) is 5.91 Å². The minimum Gasteiger partial charge on any atom is -0.497 e. The fraction of sp³-hybridized carbons (Fsp3) is 0.190. The predicted octanol–water partition coefficient (Wildman–Crippen LogP) is 5.11. The summed E-state index contributed by atoms with van der Waals surface area (Å²) in [4.78, 5) is 14.5. The summed E-state index contributed by atoms with van der Waals surface area (Å²) >= 11 is 7.70. The molecule has 0 spiro atoms. The Kier molecular flexibility index (Phi) is 4.70. The molecular weight excluding hydrogens is 366 g/mol. The smallest absolute Gasteiger partial charge is 0.261 e. The Morgan fingerprint density at radius 3 is 2.77 bits per heavy atom. The number of thiophene rings is 1. The van der Waals surface area contributed by atoms with Crippen molar-refractivity contribution < 1.29 is 9.53 Å². The second kappa shape index (κ2) is 7.14. The van der Waals surface area contributed by atoms with Crippen LogP contribution in [0.5, 0.6) is 5.75 Å². The van der Waals surface area contributed by atoms with Gasteiger partial charge in [-0.15, -0.1) is 11.3 Å². The van der Waals surface area contributed by atoms with Crippen LogP contribution in [0, 0.1) is 0 Å². The first-order valence-corrected chi connectivity index (χ1v) is 9.67. The summed E-state index contributed by atoms with van der Waals surface area (Å²) in [5.74, 6) is 0.781. The molecule has 0 aliphatic heterocycles. The number of halogens is 1. The number of ether oxygens (including phenoxy) is 1. The fourth-order valence-electron chi connectivity index (χ4n) is 3.24. The van der Waals surface area contributed by atoms with Crippen LogP contribution in [-0.2, 0) is 19.4 Å². The number of rotatable bonds is 4. The lowest BCUT2D eigenvalue weighted by Gasteiger charge is -2.16. The van der Waals surface area contributed by atoms with Gasteiger partial charge in [0.2, 0.25) is 0 Å². The van der Waals surface area contributed by atoms with E-state index in [1.54, 1.807) is 18.4 Å². The molecular formula is C21H18ClNO2S. The van der Waals surface area contributed by atoms with Crippen molar-refractivity contribution in [1.82, 2.24) is 5.32 Å². The molecule has 0 radical (unpaired) electrons. The van der Waals surface area contributed by atoms with Gasteiger partial charge >= 0.3 is 0 Å². The van der Waals surface area contributed by atoms with E-state index in [9.17, 15) is 4.79 Å². The minimum absolute atomic E-state index is 0.0613. The maximum Gasteiger partial charge on any atom is 0.261 e. The van der Waals surface area contributed by atoms with E-state index in [4.69, 9.17) is 16.3 Å². The molecule has 132 valence electrons. The van der Waals surface area contributed by atoms with Gasteiger partial charge in [0.05, 0.1) is 12.0 Å². The van der Waals surface area contributed by atoms with Crippen LogP contribution in [0.2, 0.25) is 5.02 Å². The third-order valence-corrected chi connectivity index (χ3v) is 6.23. The Balaban J connectivity index is 1.57. The molecule has 0 unspecified atom stereocenters. The number of benzene rings is 2. The molecule has 0 saturated heterocycles. The van der Waals surface area contributed by atoms with E-state index >= 15 is 0 Å². The molecule has 26 heavy (non-hydrogen) atoms. The number of methoxy groups -OCH3 is 1. The number of hydrogen-bond acceptors (Lipinski definition) is 3. The average molecular weight is 384 g/mol. The molecule has 5 heteroatoms. The molecule has 1 amide bonds. The van der Waals surface area contributed by atoms with Crippen molar-refractivity contribution >= 4 is 28.8 Å². The lowest BCUT2D eigenvalue weighted by molar-refractivity contribution is 0.0955. The number of nitrogens with one attached hydrogen (secondary N) is 1. The molecule has 0 saturated carbocycles. The van der Waals surface area contributed by atoms with Crippen LogP contribution in [0.1, 0.15) is 26.4 Å². The summed E-state index contributed by atoms with van der Waals surface area (Å²) in [6.07, 6.45) is 1.95. The summed E-state index contributed by atoms with van der Waals surface area (Å²) < 4.78 is 5.36. The van der Waals surface area contributed by atoms with E-state index in [1.807, 2.05) is 36.4 Å². The number of aryl methyl sites for hydroxylation is 2. The van der Waals surface area contributed by atoms with Crippen molar-refractivity contribution in [3.8, 4) is 16.2 Å². The molecule has 1 aliphatic carbocycles. The number of fused-ring (bicyclic) bond motifs is 3. The second-order valence-electron chi connectivity index (χ2n) is 6.26. The first-order valence-electron chi connectivity index (χ1n) is 8.47. The summed E-state index contributed by atoms with van der Waals surface area (Å²) in [6, 6.07) is 15.7. The average Bonchev–Trinajstić information content (AvgIpc) is 3.11. The zero-order valence-corrected chi connectivity index (χ0v) is 15.9. The highest BCUT2D eigenvalue weighted by molar-refractivity contribution is 7.17. The van der Waals surface area contributed by atoms with Crippen LogP contribution < -0.4 is 10.1 Å². The standard InChI is InChI=1S/C21H18ClNO2S/c1-25-16-9-8-13-6-7-14-10-19(26-20(14)17(13)11-16)21(24)23-12-15-4-2-3-5-18(15)22/h2-5,8-11H,6-7,12H2,1H3,(H,23,24). The second-order valence-corrected chi connectivity index (χ2v) is 7.72. The van der Waals surface area contributed by atoms with E-state index in [-0.39, 0.29) is 5.91 Å². The number of amides is 1. The molecule has 3 aromatic rings. The Labute approximate surface area is 161 Å². The van der Waals surface area contributed by atoms with Crippen molar-refractivity contribution in [2.45, 2.75) is 19.4 Å². The van der Waals surface area contributed by atoms with Gasteiger partial charge in [-0.25, -0.2) is 0 Å². The summed E-state index contributed by atoms with van der Waals surface area (Å²) in [5.41, 5.74) is 4.64. The van der Waals surface area contributed by atoms with E-state index in [0.29, 0.717) is 11.6 Å². The molecule has 2 aromatic carbocycles. The van der Waals surface area contributed by atoms with Gasteiger partial charge in [0.15, 0.2) is 0 Å². The highest BCUT2D eigenvalue weighted by Gasteiger charge is 2.22. The highest BCUT2D eigenvalue weighted by atomic mass is 35.5. The normalized spacial score (nSPS) is 12.2. The van der Waals surface area contributed by atoms with Crippen LogP contribution in [0.25, 0.3) is 10.4 Å². The van der Waals surface area contributed by atoms with Gasteiger partial charge in [0, 0.05) is 16.4 Å². The molecule has 0 atom stereocenters. The van der Waals surface area contributed by atoms with Crippen molar-refractivity contribution in [2.24, 2.45) is 0 Å².